The molecule has 0 aliphatic heterocycles. The molecule has 1 aromatic heterocycles. The Morgan fingerprint density at radius 2 is 2.31 bits per heavy atom. The summed E-state index contributed by atoms with van der Waals surface area (Å²) >= 11 is 5.06. The quantitative estimate of drug-likeness (QED) is 0.908. The number of nitrogens with zero attached hydrogens (tertiary/aromatic N) is 1. The predicted octanol–water partition coefficient (Wildman–Crippen LogP) is 2.45. The molecule has 0 spiro atoms. The van der Waals surface area contributed by atoms with Gasteiger partial charge in [0.15, 0.2) is 0 Å². The minimum Gasteiger partial charge on any atom is -0.340 e. The molecule has 1 unspecified atom stereocenters. The zero-order valence-electron chi connectivity index (χ0n) is 9.57. The van der Waals surface area contributed by atoms with Crippen LogP contribution in [-0.2, 0) is 11.3 Å². The van der Waals surface area contributed by atoms with E-state index in [1.165, 1.54) is 4.88 Å². The highest BCUT2D eigenvalue weighted by molar-refractivity contribution is 9.11. The van der Waals surface area contributed by atoms with Gasteiger partial charge >= 0.3 is 0 Å². The highest BCUT2D eigenvalue weighted by atomic mass is 79.9. The Hall–Kier alpha value is -0.390. The summed E-state index contributed by atoms with van der Waals surface area (Å²) in [4.78, 5) is 14.9. The van der Waals surface area contributed by atoms with Crippen LogP contribution in [0.15, 0.2) is 15.9 Å². The minimum atomic E-state index is -0.0478. The highest BCUT2D eigenvalue weighted by Gasteiger charge is 2.19. The Kier molecular flexibility index (Phi) is 5.44. The molecule has 16 heavy (non-hydrogen) atoms. The third-order valence-electron chi connectivity index (χ3n) is 2.52. The topological polar surface area (TPSA) is 46.3 Å². The molecular weight excluding hydrogens is 288 g/mol. The molecule has 0 saturated carbocycles. The highest BCUT2D eigenvalue weighted by Crippen LogP contribution is 2.23. The van der Waals surface area contributed by atoms with E-state index in [4.69, 9.17) is 5.73 Å². The van der Waals surface area contributed by atoms with E-state index in [0.29, 0.717) is 13.1 Å². The van der Waals surface area contributed by atoms with Crippen LogP contribution in [0.4, 0.5) is 0 Å². The van der Waals surface area contributed by atoms with Crippen molar-refractivity contribution >= 4 is 33.2 Å². The Balaban J connectivity index is 2.57. The zero-order valence-corrected chi connectivity index (χ0v) is 12.0. The second kappa shape index (κ2) is 6.37. The fraction of sp³-hybridized carbons (Fsp3) is 0.545. The zero-order chi connectivity index (χ0) is 12.1. The van der Waals surface area contributed by atoms with Crippen molar-refractivity contribution in [3.8, 4) is 0 Å². The van der Waals surface area contributed by atoms with Crippen molar-refractivity contribution in [3.63, 3.8) is 0 Å². The van der Waals surface area contributed by atoms with E-state index in [2.05, 4.69) is 15.9 Å². The van der Waals surface area contributed by atoms with Gasteiger partial charge in [0, 0.05) is 18.5 Å². The maximum absolute atomic E-state index is 12.0. The van der Waals surface area contributed by atoms with E-state index >= 15 is 0 Å². The molecule has 1 amide bonds. The van der Waals surface area contributed by atoms with E-state index in [1.807, 2.05) is 26.1 Å². The molecule has 0 fully saturated rings. The van der Waals surface area contributed by atoms with Crippen LogP contribution in [0, 0.1) is 5.92 Å². The Morgan fingerprint density at radius 3 is 2.75 bits per heavy atom. The number of hydrogen-bond donors (Lipinski definition) is 1. The summed E-state index contributed by atoms with van der Waals surface area (Å²) in [6, 6.07) is 4.03. The monoisotopic (exact) mass is 304 g/mol. The smallest absolute Gasteiger partial charge is 0.227 e. The van der Waals surface area contributed by atoms with Gasteiger partial charge in [0.2, 0.25) is 5.91 Å². The molecule has 1 aromatic rings. The van der Waals surface area contributed by atoms with Gasteiger partial charge in [-0.3, -0.25) is 4.79 Å². The van der Waals surface area contributed by atoms with Crippen LogP contribution >= 0.6 is 27.3 Å². The lowest BCUT2D eigenvalue weighted by Gasteiger charge is -2.21. The molecule has 3 nitrogen and oxygen atoms in total. The normalized spacial score (nSPS) is 12.5. The van der Waals surface area contributed by atoms with Crippen molar-refractivity contribution in [2.75, 3.05) is 13.6 Å². The molecule has 1 rings (SSSR count). The Bertz CT molecular complexity index is 350. The van der Waals surface area contributed by atoms with Gasteiger partial charge in [-0.15, -0.1) is 11.3 Å². The predicted molar refractivity (Wildman–Crippen MR) is 71.3 cm³/mol. The van der Waals surface area contributed by atoms with Gasteiger partial charge in [0.25, 0.3) is 0 Å². The maximum atomic E-state index is 12.0. The largest absolute Gasteiger partial charge is 0.340 e. The molecule has 1 heterocycles. The average molecular weight is 305 g/mol. The standard InChI is InChI=1S/C11H17BrN2OS/c1-3-8(6-13)11(15)14(2)7-9-4-5-10(12)16-9/h4-5,8H,3,6-7,13H2,1-2H3. The fourth-order valence-electron chi connectivity index (χ4n) is 1.50. The SMILES string of the molecule is CCC(CN)C(=O)N(C)Cc1ccc(Br)s1. The molecule has 0 aliphatic rings. The van der Waals surface area contributed by atoms with Crippen LogP contribution < -0.4 is 5.73 Å². The molecule has 0 bridgehead atoms. The molecule has 90 valence electrons. The minimum absolute atomic E-state index is 0.0478. The van der Waals surface area contributed by atoms with Crippen molar-refractivity contribution in [1.82, 2.24) is 4.90 Å². The summed E-state index contributed by atoms with van der Waals surface area (Å²) in [5, 5.41) is 0. The van der Waals surface area contributed by atoms with Crippen molar-refractivity contribution in [1.29, 1.82) is 0 Å². The number of carbonyl (C=O) groups excluding carboxylic acids is 1. The molecule has 1 atom stereocenters. The van der Waals surface area contributed by atoms with Crippen LogP contribution in [-0.4, -0.2) is 24.4 Å². The Labute approximate surface area is 109 Å². The van der Waals surface area contributed by atoms with Crippen LogP contribution in [0.5, 0.6) is 0 Å². The number of carbonyl (C=O) groups is 1. The summed E-state index contributed by atoms with van der Waals surface area (Å²) in [5.41, 5.74) is 5.57. The fourth-order valence-corrected chi connectivity index (χ4v) is 3.04. The first kappa shape index (κ1) is 13.7. The summed E-state index contributed by atoms with van der Waals surface area (Å²) < 4.78 is 1.09. The van der Waals surface area contributed by atoms with Gasteiger partial charge in [-0.1, -0.05) is 6.92 Å². The number of halogens is 1. The second-order valence-corrected chi connectivity index (χ2v) is 6.29. The third kappa shape index (κ3) is 3.57. The lowest BCUT2D eigenvalue weighted by atomic mass is 10.1. The third-order valence-corrected chi connectivity index (χ3v) is 4.13. The second-order valence-electron chi connectivity index (χ2n) is 3.74. The average Bonchev–Trinajstić information content (AvgIpc) is 2.65. The molecule has 0 aliphatic carbocycles. The van der Waals surface area contributed by atoms with E-state index in [1.54, 1.807) is 16.2 Å². The summed E-state index contributed by atoms with van der Waals surface area (Å²) in [6.07, 6.45) is 0.799. The molecule has 0 radical (unpaired) electrons. The number of amides is 1. The van der Waals surface area contributed by atoms with Gasteiger partial charge in [0.1, 0.15) is 0 Å². The van der Waals surface area contributed by atoms with Gasteiger partial charge in [-0.2, -0.15) is 0 Å². The molecule has 2 N–H and O–H groups in total. The van der Waals surface area contributed by atoms with E-state index in [9.17, 15) is 4.79 Å². The summed E-state index contributed by atoms with van der Waals surface area (Å²) in [7, 11) is 1.83. The summed E-state index contributed by atoms with van der Waals surface area (Å²) in [5.74, 6) is 0.0860. The lowest BCUT2D eigenvalue weighted by Crippen LogP contribution is -2.35. The first-order valence-electron chi connectivity index (χ1n) is 5.27. The number of rotatable bonds is 5. The first-order chi connectivity index (χ1) is 7.58. The van der Waals surface area contributed by atoms with Crippen LogP contribution in [0.3, 0.4) is 0 Å². The number of nitrogens with two attached hydrogens (primary N) is 1. The van der Waals surface area contributed by atoms with E-state index in [0.717, 1.165) is 10.2 Å². The van der Waals surface area contributed by atoms with E-state index < -0.39 is 0 Å². The van der Waals surface area contributed by atoms with Gasteiger partial charge in [-0.25, -0.2) is 0 Å². The van der Waals surface area contributed by atoms with Crippen molar-refractivity contribution in [3.05, 3.63) is 20.8 Å². The lowest BCUT2D eigenvalue weighted by molar-refractivity contribution is -0.134. The van der Waals surface area contributed by atoms with Crippen LogP contribution in [0.25, 0.3) is 0 Å². The number of thiophene rings is 1. The maximum Gasteiger partial charge on any atom is 0.227 e. The van der Waals surface area contributed by atoms with Crippen molar-refractivity contribution < 1.29 is 4.79 Å². The van der Waals surface area contributed by atoms with Crippen molar-refractivity contribution in [2.24, 2.45) is 11.7 Å². The van der Waals surface area contributed by atoms with E-state index in [-0.39, 0.29) is 11.8 Å². The first-order valence-corrected chi connectivity index (χ1v) is 6.88. The van der Waals surface area contributed by atoms with Gasteiger partial charge in [-0.05, 0) is 34.5 Å². The molecule has 5 heteroatoms. The molecule has 0 aromatic carbocycles. The van der Waals surface area contributed by atoms with Gasteiger partial charge in [0.05, 0.1) is 16.2 Å². The van der Waals surface area contributed by atoms with Crippen LogP contribution in [0.1, 0.15) is 18.2 Å². The van der Waals surface area contributed by atoms with Crippen molar-refractivity contribution in [2.45, 2.75) is 19.9 Å². The molecule has 0 saturated heterocycles. The van der Waals surface area contributed by atoms with Crippen LogP contribution in [0.2, 0.25) is 0 Å². The number of hydrogen-bond acceptors (Lipinski definition) is 3. The molecular formula is C11H17BrN2OS. The summed E-state index contributed by atoms with van der Waals surface area (Å²) in [6.45, 7) is 3.07. The Morgan fingerprint density at radius 1 is 1.62 bits per heavy atom. The van der Waals surface area contributed by atoms with Gasteiger partial charge < -0.3 is 10.6 Å².